The fourth-order valence-electron chi connectivity index (χ4n) is 5.01. The number of rotatable bonds is 6. The number of nitrogens with one attached hydrogen (secondary N) is 1. The van der Waals surface area contributed by atoms with Gasteiger partial charge in [-0.1, -0.05) is 84.4 Å². The number of aromatic nitrogens is 2. The molecule has 0 fully saturated rings. The van der Waals surface area contributed by atoms with Crippen molar-refractivity contribution in [3.63, 3.8) is 0 Å². The van der Waals surface area contributed by atoms with E-state index in [1.54, 1.807) is 29.2 Å². The molecule has 0 bridgehead atoms. The third kappa shape index (κ3) is 5.70. The van der Waals surface area contributed by atoms with E-state index in [4.69, 9.17) is 28.9 Å². The van der Waals surface area contributed by atoms with Gasteiger partial charge in [-0.05, 0) is 35.6 Å². The molecule has 0 saturated heterocycles. The number of amides is 1. The Kier molecular flexibility index (Phi) is 8.12. The Morgan fingerprint density at radius 1 is 1.24 bits per heavy atom. The van der Waals surface area contributed by atoms with Crippen molar-refractivity contribution < 1.29 is 14.0 Å². The first kappa shape index (κ1) is 29.1. The number of halogens is 3. The van der Waals surface area contributed by atoms with Gasteiger partial charge in [0.1, 0.15) is 11.6 Å². The van der Waals surface area contributed by atoms with Crippen molar-refractivity contribution in [3.05, 3.63) is 86.6 Å². The van der Waals surface area contributed by atoms with Crippen molar-refractivity contribution in [1.29, 1.82) is 5.26 Å². The normalized spacial score (nSPS) is 18.3. The van der Waals surface area contributed by atoms with Crippen LogP contribution in [0, 0.1) is 22.6 Å². The van der Waals surface area contributed by atoms with E-state index >= 15 is 0 Å². The number of carbonyl (C=O) groups excluding carboxylic acids is 2. The molecule has 2 aromatic carbocycles. The van der Waals surface area contributed by atoms with Crippen LogP contribution < -0.4 is 16.0 Å². The summed E-state index contributed by atoms with van der Waals surface area (Å²) >= 11 is 15.2. The van der Waals surface area contributed by atoms with E-state index in [1.165, 1.54) is 18.2 Å². The maximum Gasteiger partial charge on any atom is 0.234 e. The van der Waals surface area contributed by atoms with Gasteiger partial charge in [0.15, 0.2) is 10.1 Å². The number of hydrogen-bond donors (Lipinski definition) is 2. The minimum absolute atomic E-state index is 0.0352. The van der Waals surface area contributed by atoms with Gasteiger partial charge in [-0.2, -0.15) is 5.26 Å². The van der Waals surface area contributed by atoms with Crippen LogP contribution in [-0.2, 0) is 9.59 Å². The summed E-state index contributed by atoms with van der Waals surface area (Å²) in [6.45, 7) is 3.98. The molecule has 0 saturated carbocycles. The quantitative estimate of drug-likeness (QED) is 0.290. The first-order valence-electron chi connectivity index (χ1n) is 12.4. The van der Waals surface area contributed by atoms with Gasteiger partial charge < -0.3 is 11.1 Å². The number of thioether (sulfide) groups is 1. The number of hydrogen-bond acceptors (Lipinski definition) is 9. The summed E-state index contributed by atoms with van der Waals surface area (Å²) in [4.78, 5) is 27.7. The van der Waals surface area contributed by atoms with Crippen LogP contribution in [0.5, 0.6) is 0 Å². The first-order chi connectivity index (χ1) is 19.5. The Hall–Kier alpha value is -3.43. The van der Waals surface area contributed by atoms with Crippen LogP contribution >= 0.6 is 46.3 Å². The van der Waals surface area contributed by atoms with Crippen molar-refractivity contribution in [2.45, 2.75) is 36.9 Å². The number of benzene rings is 2. The maximum atomic E-state index is 13.9. The van der Waals surface area contributed by atoms with Crippen LogP contribution in [0.1, 0.15) is 38.2 Å². The number of Topliss-reactive ketones (excluding diaryl/α,β-unsaturated/α-hetero) is 1. The number of allylic oxidation sites excluding steroid dienone is 3. The van der Waals surface area contributed by atoms with Gasteiger partial charge in [-0.15, -0.1) is 10.2 Å². The van der Waals surface area contributed by atoms with E-state index in [2.05, 4.69) is 21.6 Å². The van der Waals surface area contributed by atoms with Crippen molar-refractivity contribution >= 4 is 68.8 Å². The van der Waals surface area contributed by atoms with Gasteiger partial charge in [0, 0.05) is 17.7 Å². The summed E-state index contributed by atoms with van der Waals surface area (Å²) in [5.41, 5.74) is 8.07. The van der Waals surface area contributed by atoms with Gasteiger partial charge in [0.2, 0.25) is 11.0 Å². The van der Waals surface area contributed by atoms with E-state index in [9.17, 15) is 19.2 Å². The highest BCUT2D eigenvalue weighted by molar-refractivity contribution is 8.01. The lowest BCUT2D eigenvalue weighted by Crippen LogP contribution is -2.42. The summed E-state index contributed by atoms with van der Waals surface area (Å²) in [5, 5.41) is 22.2. The van der Waals surface area contributed by atoms with E-state index in [0.717, 1.165) is 23.1 Å². The first-order valence-corrected chi connectivity index (χ1v) is 15.0. The molecule has 2 heterocycles. The highest BCUT2D eigenvalue weighted by Gasteiger charge is 2.46. The molecule has 3 aromatic rings. The molecular weight excluding hydrogens is 606 g/mol. The lowest BCUT2D eigenvalue weighted by molar-refractivity contribution is -0.118. The number of para-hydroxylation sites is 1. The molecule has 1 aliphatic carbocycles. The Morgan fingerprint density at radius 3 is 2.73 bits per heavy atom. The zero-order valence-electron chi connectivity index (χ0n) is 21.9. The third-order valence-electron chi connectivity index (χ3n) is 6.74. The maximum absolute atomic E-state index is 13.9. The van der Waals surface area contributed by atoms with Gasteiger partial charge >= 0.3 is 0 Å². The van der Waals surface area contributed by atoms with Crippen molar-refractivity contribution in [1.82, 2.24) is 10.2 Å². The predicted molar refractivity (Wildman–Crippen MR) is 159 cm³/mol. The smallest absolute Gasteiger partial charge is 0.234 e. The van der Waals surface area contributed by atoms with E-state index in [0.29, 0.717) is 37.7 Å². The molecule has 1 unspecified atom stereocenters. The molecule has 13 heteroatoms. The van der Waals surface area contributed by atoms with Gasteiger partial charge in [0.25, 0.3) is 0 Å². The Bertz CT molecular complexity index is 1680. The van der Waals surface area contributed by atoms with Gasteiger partial charge in [-0.3, -0.25) is 14.5 Å². The van der Waals surface area contributed by atoms with Crippen LogP contribution in [0.25, 0.3) is 0 Å². The minimum atomic E-state index is -0.787. The molecule has 1 aliphatic heterocycles. The van der Waals surface area contributed by atoms with Gasteiger partial charge in [-0.25, -0.2) is 4.39 Å². The summed E-state index contributed by atoms with van der Waals surface area (Å²) in [6, 6.07) is 13.2. The second-order valence-electron chi connectivity index (χ2n) is 10.3. The number of nitrogens with zero attached hydrogens (tertiary/aromatic N) is 4. The lowest BCUT2D eigenvalue weighted by Gasteiger charge is -2.42. The highest BCUT2D eigenvalue weighted by Crippen LogP contribution is 2.52. The number of ketones is 1. The monoisotopic (exact) mass is 628 g/mol. The molecule has 1 amide bonds. The Morgan fingerprint density at radius 2 is 2.00 bits per heavy atom. The van der Waals surface area contributed by atoms with E-state index < -0.39 is 17.6 Å². The lowest BCUT2D eigenvalue weighted by atomic mass is 9.68. The number of anilines is 2. The number of carbonyl (C=O) groups is 2. The minimum Gasteiger partial charge on any atom is -0.384 e. The van der Waals surface area contributed by atoms with Crippen LogP contribution in [0.15, 0.2) is 69.5 Å². The average molecular weight is 630 g/mol. The third-order valence-corrected chi connectivity index (χ3v) is 9.61. The van der Waals surface area contributed by atoms with Crippen LogP contribution in [0.2, 0.25) is 10.0 Å². The summed E-state index contributed by atoms with van der Waals surface area (Å²) in [6.07, 6.45) is 0.760. The molecule has 8 nitrogen and oxygen atoms in total. The fraction of sp³-hybridized carbons (Fsp3) is 0.250. The van der Waals surface area contributed by atoms with Crippen molar-refractivity contribution in [2.24, 2.45) is 11.1 Å². The second kappa shape index (κ2) is 11.4. The van der Waals surface area contributed by atoms with E-state index in [-0.39, 0.29) is 45.5 Å². The molecule has 2 aliphatic rings. The molecule has 5 rings (SSSR count). The van der Waals surface area contributed by atoms with Crippen molar-refractivity contribution in [3.8, 4) is 6.07 Å². The summed E-state index contributed by atoms with van der Waals surface area (Å²) in [7, 11) is 0. The van der Waals surface area contributed by atoms with Crippen molar-refractivity contribution in [2.75, 3.05) is 16.0 Å². The zero-order valence-corrected chi connectivity index (χ0v) is 25.0. The molecule has 1 atom stereocenters. The fourth-order valence-corrected chi connectivity index (χ4v) is 7.11. The second-order valence-corrected chi connectivity index (χ2v) is 13.3. The average Bonchev–Trinajstić information content (AvgIpc) is 3.37. The zero-order chi connectivity index (χ0) is 29.5. The summed E-state index contributed by atoms with van der Waals surface area (Å²) in [5.74, 6) is -1.77. The molecule has 3 N–H and O–H groups in total. The largest absolute Gasteiger partial charge is 0.384 e. The van der Waals surface area contributed by atoms with Crippen LogP contribution in [-0.4, -0.2) is 27.6 Å². The molecule has 0 radical (unpaired) electrons. The summed E-state index contributed by atoms with van der Waals surface area (Å²) < 4.78 is 14.3. The topological polar surface area (TPSA) is 125 Å². The highest BCUT2D eigenvalue weighted by atomic mass is 35.5. The Balaban J connectivity index is 1.50. The number of nitriles is 1. The molecule has 210 valence electrons. The molecule has 1 aromatic heterocycles. The van der Waals surface area contributed by atoms with Crippen LogP contribution in [0.4, 0.5) is 15.2 Å². The Labute approximate surface area is 254 Å². The van der Waals surface area contributed by atoms with E-state index in [1.807, 2.05) is 13.8 Å². The molecule has 41 heavy (non-hydrogen) atoms. The standard InChI is InChI=1S/C28H23Cl2FN6O2S2/c1-28(2)10-19-23(20(38)11-28)22(14-6-5-7-16(29)24(14)30)15(12-32)25(33)37(19)26-35-36-27(41-26)40-13-21(39)34-18-9-4-3-8-17(18)31/h3-9,22H,10-11,13,33H2,1-2H3,(H,34,39). The van der Waals surface area contributed by atoms with Gasteiger partial charge in [0.05, 0.1) is 39.0 Å². The van der Waals surface area contributed by atoms with Crippen LogP contribution in [0.3, 0.4) is 0 Å². The molecular formula is C28H23Cl2FN6O2S2. The SMILES string of the molecule is CC1(C)CC(=O)C2=C(C1)N(c1nnc(SCC(=O)Nc3ccccc3F)s1)C(N)=C(C#N)C2c1cccc(Cl)c1Cl. The molecule has 0 spiro atoms. The number of nitrogens with two attached hydrogens (primary N) is 1. The predicted octanol–water partition coefficient (Wildman–Crippen LogP) is 6.66.